The smallest absolute Gasteiger partial charge is 0.136 e. The van der Waals surface area contributed by atoms with Gasteiger partial charge in [-0.3, -0.25) is 0 Å². The van der Waals surface area contributed by atoms with Crippen molar-refractivity contribution in [2.75, 3.05) is 63.2 Å². The van der Waals surface area contributed by atoms with Gasteiger partial charge in [0, 0.05) is 62.3 Å². The van der Waals surface area contributed by atoms with Gasteiger partial charge in [-0.2, -0.15) is 0 Å². The Hall–Kier alpha value is -2.70. The number of aryl methyl sites for hydroxylation is 1. The Morgan fingerprint density at radius 2 is 1.82 bits per heavy atom. The molecule has 1 fully saturated rings. The lowest BCUT2D eigenvalue weighted by atomic mass is 10.00. The van der Waals surface area contributed by atoms with E-state index in [1.54, 1.807) is 0 Å². The highest BCUT2D eigenvalue weighted by atomic mass is 15.2. The normalized spacial score (nSPS) is 17.3. The molecule has 0 saturated carbocycles. The van der Waals surface area contributed by atoms with E-state index in [9.17, 15) is 0 Å². The maximum atomic E-state index is 5.18. The molecule has 2 aliphatic heterocycles. The van der Waals surface area contributed by atoms with E-state index in [0.29, 0.717) is 5.92 Å². The summed E-state index contributed by atoms with van der Waals surface area (Å²) in [5, 5.41) is 6.12. The number of hydrogen-bond donors (Lipinski definition) is 1. The zero-order valence-corrected chi connectivity index (χ0v) is 21.1. The molecule has 1 saturated heterocycles. The fourth-order valence-corrected chi connectivity index (χ4v) is 5.59. The Kier molecular flexibility index (Phi) is 6.70. The summed E-state index contributed by atoms with van der Waals surface area (Å²) in [6, 6.07) is 13.4. The van der Waals surface area contributed by atoms with Crippen molar-refractivity contribution in [1.82, 2.24) is 20.2 Å². The van der Waals surface area contributed by atoms with E-state index in [1.807, 2.05) is 0 Å². The zero-order chi connectivity index (χ0) is 23.7. The van der Waals surface area contributed by atoms with Crippen LogP contribution in [0.5, 0.6) is 0 Å². The van der Waals surface area contributed by atoms with Crippen molar-refractivity contribution in [2.45, 2.75) is 33.2 Å². The van der Waals surface area contributed by atoms with E-state index in [0.717, 1.165) is 64.5 Å². The predicted octanol–water partition coefficient (Wildman–Crippen LogP) is 3.65. The van der Waals surface area contributed by atoms with E-state index in [-0.39, 0.29) is 0 Å². The van der Waals surface area contributed by atoms with Crippen LogP contribution in [0.4, 0.5) is 11.5 Å². The molecule has 3 aromatic rings. The number of benzene rings is 2. The number of rotatable bonds is 6. The maximum absolute atomic E-state index is 5.18. The second-order valence-electron chi connectivity index (χ2n) is 10.4. The third kappa shape index (κ3) is 4.89. The lowest BCUT2D eigenvalue weighted by Gasteiger charge is -2.36. The summed E-state index contributed by atoms with van der Waals surface area (Å²) in [6.07, 6.45) is 1.91. The summed E-state index contributed by atoms with van der Waals surface area (Å²) in [7, 11) is 4.28. The largest absolute Gasteiger partial charge is 0.365 e. The van der Waals surface area contributed by atoms with Gasteiger partial charge >= 0.3 is 0 Å². The summed E-state index contributed by atoms with van der Waals surface area (Å²) >= 11 is 0. The van der Waals surface area contributed by atoms with Gasteiger partial charge in [0.15, 0.2) is 0 Å². The van der Waals surface area contributed by atoms with Crippen molar-refractivity contribution >= 4 is 22.3 Å². The van der Waals surface area contributed by atoms with Crippen LogP contribution in [0.25, 0.3) is 10.8 Å². The molecule has 5 rings (SSSR count). The molecule has 0 radical (unpaired) electrons. The van der Waals surface area contributed by atoms with Gasteiger partial charge in [-0.25, -0.2) is 9.97 Å². The molecule has 0 bridgehead atoms. The minimum absolute atomic E-state index is 0.518. The first-order valence-corrected chi connectivity index (χ1v) is 12.7. The van der Waals surface area contributed by atoms with Gasteiger partial charge in [-0.05, 0) is 50.4 Å². The monoisotopic (exact) mass is 458 g/mol. The third-order valence-electron chi connectivity index (χ3n) is 7.04. The molecule has 0 amide bonds. The van der Waals surface area contributed by atoms with Gasteiger partial charge in [0.2, 0.25) is 0 Å². The van der Waals surface area contributed by atoms with E-state index >= 15 is 0 Å². The molecule has 180 valence electrons. The topological polar surface area (TPSA) is 47.5 Å². The average Bonchev–Trinajstić information content (AvgIpc) is 2.82. The van der Waals surface area contributed by atoms with Crippen LogP contribution in [-0.2, 0) is 19.4 Å². The molecule has 2 aromatic carbocycles. The molecular weight excluding hydrogens is 420 g/mol. The summed E-state index contributed by atoms with van der Waals surface area (Å²) in [6.45, 7) is 11.5. The second kappa shape index (κ2) is 9.88. The van der Waals surface area contributed by atoms with Crippen molar-refractivity contribution in [2.24, 2.45) is 5.92 Å². The summed E-state index contributed by atoms with van der Waals surface area (Å²) < 4.78 is 0. The highest BCUT2D eigenvalue weighted by Crippen LogP contribution is 2.34. The van der Waals surface area contributed by atoms with Crippen LogP contribution in [0.3, 0.4) is 0 Å². The van der Waals surface area contributed by atoms with E-state index in [4.69, 9.17) is 9.97 Å². The van der Waals surface area contributed by atoms with E-state index < -0.39 is 0 Å². The first-order chi connectivity index (χ1) is 16.5. The van der Waals surface area contributed by atoms with Crippen LogP contribution in [0.2, 0.25) is 0 Å². The second-order valence-corrected chi connectivity index (χ2v) is 10.4. The third-order valence-corrected chi connectivity index (χ3v) is 7.04. The Bertz CT molecular complexity index is 1150. The molecule has 0 spiro atoms. The number of nitrogens with one attached hydrogen (secondary N) is 1. The fourth-order valence-electron chi connectivity index (χ4n) is 5.59. The van der Waals surface area contributed by atoms with E-state index in [2.05, 4.69) is 84.4 Å². The first-order valence-electron chi connectivity index (χ1n) is 12.7. The maximum Gasteiger partial charge on any atom is 0.136 e. The number of hydrogen-bond acceptors (Lipinski definition) is 6. The Morgan fingerprint density at radius 1 is 1.03 bits per heavy atom. The quantitative estimate of drug-likeness (QED) is 0.609. The van der Waals surface area contributed by atoms with Crippen LogP contribution < -0.4 is 15.1 Å². The first kappa shape index (κ1) is 23.1. The van der Waals surface area contributed by atoms with Crippen molar-refractivity contribution in [3.63, 3.8) is 0 Å². The van der Waals surface area contributed by atoms with Crippen molar-refractivity contribution < 1.29 is 0 Å². The van der Waals surface area contributed by atoms with Crippen molar-refractivity contribution in [3.8, 4) is 0 Å². The zero-order valence-electron chi connectivity index (χ0n) is 21.1. The van der Waals surface area contributed by atoms with E-state index in [1.165, 1.54) is 39.1 Å². The summed E-state index contributed by atoms with van der Waals surface area (Å²) in [5.41, 5.74) is 5.21. The molecule has 1 aromatic heterocycles. The lowest BCUT2D eigenvalue weighted by molar-refractivity contribution is 0.335. The minimum atomic E-state index is 0.518. The molecule has 0 aliphatic carbocycles. The summed E-state index contributed by atoms with van der Waals surface area (Å²) in [4.78, 5) is 17.6. The highest BCUT2D eigenvalue weighted by molar-refractivity contribution is 5.95. The van der Waals surface area contributed by atoms with Crippen molar-refractivity contribution in [3.05, 3.63) is 59.0 Å². The standard InChI is InChI=1S/C28H38N6/c1-20-15-22-7-5-6-8-23(22)26(16-20)34-12-9-24-25(19-34)30-27(17-21(2)18-32(3)4)31-28(24)33-13-10-29-11-14-33/h5-8,15-16,21,29H,9-14,17-19H2,1-4H3/t21-/m1/s1. The van der Waals surface area contributed by atoms with Crippen LogP contribution in [-0.4, -0.2) is 68.2 Å². The number of fused-ring (bicyclic) bond motifs is 2. The average molecular weight is 459 g/mol. The molecule has 6 heteroatoms. The molecule has 34 heavy (non-hydrogen) atoms. The Balaban J connectivity index is 1.51. The van der Waals surface area contributed by atoms with Gasteiger partial charge in [-0.1, -0.05) is 37.3 Å². The number of nitrogens with zero attached hydrogens (tertiary/aromatic N) is 5. The van der Waals surface area contributed by atoms with Crippen LogP contribution >= 0.6 is 0 Å². The van der Waals surface area contributed by atoms with Gasteiger partial charge in [0.1, 0.15) is 11.6 Å². The lowest BCUT2D eigenvalue weighted by Crippen LogP contribution is -2.45. The SMILES string of the molecule is Cc1cc(N2CCc3c(nc(C[C@@H](C)CN(C)C)nc3N3CCNCC3)C2)c2ccccc2c1. The fraction of sp³-hybridized carbons (Fsp3) is 0.500. The predicted molar refractivity (Wildman–Crippen MR) is 142 cm³/mol. The Labute approximate surface area is 204 Å². The number of aromatic nitrogens is 2. The Morgan fingerprint density at radius 3 is 2.62 bits per heavy atom. The van der Waals surface area contributed by atoms with Crippen LogP contribution in [0.15, 0.2) is 36.4 Å². The molecule has 3 heterocycles. The van der Waals surface area contributed by atoms with Gasteiger partial charge in [0.25, 0.3) is 0 Å². The molecule has 2 aliphatic rings. The molecule has 1 atom stereocenters. The highest BCUT2D eigenvalue weighted by Gasteiger charge is 2.27. The minimum Gasteiger partial charge on any atom is -0.365 e. The van der Waals surface area contributed by atoms with Crippen LogP contribution in [0.1, 0.15) is 29.6 Å². The van der Waals surface area contributed by atoms with Gasteiger partial charge < -0.3 is 20.0 Å². The van der Waals surface area contributed by atoms with Crippen LogP contribution in [0, 0.1) is 12.8 Å². The molecule has 0 unspecified atom stereocenters. The number of anilines is 2. The van der Waals surface area contributed by atoms with Gasteiger partial charge in [-0.15, -0.1) is 0 Å². The molecule has 6 nitrogen and oxygen atoms in total. The molecule has 1 N–H and O–H groups in total. The molecular formula is C28H38N6. The van der Waals surface area contributed by atoms with Gasteiger partial charge in [0.05, 0.1) is 12.2 Å². The number of piperazine rings is 1. The summed E-state index contributed by atoms with van der Waals surface area (Å²) in [5.74, 6) is 2.70. The van der Waals surface area contributed by atoms with Crippen molar-refractivity contribution in [1.29, 1.82) is 0 Å².